The molecular formula is C21H21Cl2N5O2S. The second kappa shape index (κ2) is 9.00. The summed E-state index contributed by atoms with van der Waals surface area (Å²) in [5.41, 5.74) is 1.83. The van der Waals surface area contributed by atoms with Gasteiger partial charge in [-0.15, -0.1) is 10.2 Å². The standard InChI is InChI=1S/C21H21Cl2N5O2S/c1-27-9-11-28(12-10-27)21-8-7-20(24-25-21)15-3-2-4-16(13-15)26-31(29,30)17-5-6-18(22)19(23)14-17/h2-8,13-14,26H,9-12H2,1H3. The molecule has 1 saturated heterocycles. The predicted octanol–water partition coefficient (Wildman–Crippen LogP) is 4.00. The third-order valence-corrected chi connectivity index (χ3v) is 7.21. The van der Waals surface area contributed by atoms with E-state index in [1.807, 2.05) is 18.2 Å². The van der Waals surface area contributed by atoms with Gasteiger partial charge in [-0.1, -0.05) is 35.3 Å². The minimum Gasteiger partial charge on any atom is -0.353 e. The largest absolute Gasteiger partial charge is 0.353 e. The molecule has 1 aliphatic heterocycles. The smallest absolute Gasteiger partial charge is 0.261 e. The number of nitrogens with zero attached hydrogens (tertiary/aromatic N) is 4. The Morgan fingerprint density at radius 3 is 2.35 bits per heavy atom. The Hall–Kier alpha value is -2.39. The monoisotopic (exact) mass is 477 g/mol. The summed E-state index contributed by atoms with van der Waals surface area (Å²) in [5, 5.41) is 9.18. The first kappa shape index (κ1) is 21.8. The molecule has 0 aliphatic carbocycles. The van der Waals surface area contributed by atoms with Crippen LogP contribution >= 0.6 is 23.2 Å². The van der Waals surface area contributed by atoms with E-state index in [0.717, 1.165) is 37.6 Å². The summed E-state index contributed by atoms with van der Waals surface area (Å²) in [4.78, 5) is 4.52. The van der Waals surface area contributed by atoms with Gasteiger partial charge >= 0.3 is 0 Å². The van der Waals surface area contributed by atoms with Crippen LogP contribution in [0.2, 0.25) is 10.0 Å². The Morgan fingerprint density at radius 1 is 0.903 bits per heavy atom. The van der Waals surface area contributed by atoms with Gasteiger partial charge in [0.2, 0.25) is 0 Å². The summed E-state index contributed by atoms with van der Waals surface area (Å²) in [5.74, 6) is 0.841. The van der Waals surface area contributed by atoms with E-state index in [2.05, 4.69) is 31.8 Å². The van der Waals surface area contributed by atoms with Crippen molar-refractivity contribution in [2.75, 3.05) is 42.8 Å². The van der Waals surface area contributed by atoms with Crippen LogP contribution in [-0.2, 0) is 10.0 Å². The van der Waals surface area contributed by atoms with Crippen LogP contribution in [0.15, 0.2) is 59.5 Å². The van der Waals surface area contributed by atoms with Crippen molar-refractivity contribution in [3.8, 4) is 11.3 Å². The van der Waals surface area contributed by atoms with Gasteiger partial charge in [0, 0.05) is 37.4 Å². The average molecular weight is 478 g/mol. The fourth-order valence-corrected chi connectivity index (χ4v) is 4.72. The quantitative estimate of drug-likeness (QED) is 0.597. The van der Waals surface area contributed by atoms with E-state index in [-0.39, 0.29) is 9.92 Å². The van der Waals surface area contributed by atoms with Crippen LogP contribution in [0.1, 0.15) is 0 Å². The lowest BCUT2D eigenvalue weighted by Crippen LogP contribution is -2.44. The molecule has 2 heterocycles. The molecule has 3 aromatic rings. The van der Waals surface area contributed by atoms with Crippen LogP contribution in [-0.4, -0.2) is 56.7 Å². The van der Waals surface area contributed by atoms with E-state index >= 15 is 0 Å². The maximum atomic E-state index is 12.7. The van der Waals surface area contributed by atoms with Crippen molar-refractivity contribution in [2.45, 2.75) is 4.90 Å². The van der Waals surface area contributed by atoms with Gasteiger partial charge in [0.1, 0.15) is 0 Å². The molecule has 2 aromatic carbocycles. The maximum absolute atomic E-state index is 12.7. The molecule has 0 spiro atoms. The van der Waals surface area contributed by atoms with Crippen molar-refractivity contribution in [3.05, 3.63) is 64.6 Å². The van der Waals surface area contributed by atoms with Gasteiger partial charge in [-0.05, 0) is 49.5 Å². The molecule has 0 saturated carbocycles. The third kappa shape index (κ3) is 5.10. The second-order valence-corrected chi connectivity index (χ2v) is 9.83. The van der Waals surface area contributed by atoms with E-state index in [0.29, 0.717) is 16.4 Å². The van der Waals surface area contributed by atoms with E-state index in [4.69, 9.17) is 23.2 Å². The van der Waals surface area contributed by atoms with Crippen molar-refractivity contribution in [3.63, 3.8) is 0 Å². The van der Waals surface area contributed by atoms with Gasteiger partial charge in [-0.25, -0.2) is 8.42 Å². The van der Waals surface area contributed by atoms with Crippen molar-refractivity contribution in [2.24, 2.45) is 0 Å². The first-order valence-corrected chi connectivity index (χ1v) is 11.9. The summed E-state index contributed by atoms with van der Waals surface area (Å²) >= 11 is 11.8. The minimum absolute atomic E-state index is 0.0311. The normalized spacial score (nSPS) is 15.1. The first-order chi connectivity index (χ1) is 14.8. The fourth-order valence-electron chi connectivity index (χ4n) is 3.28. The van der Waals surface area contributed by atoms with E-state index < -0.39 is 10.0 Å². The topological polar surface area (TPSA) is 78.4 Å². The summed E-state index contributed by atoms with van der Waals surface area (Å²) in [6.45, 7) is 3.81. The molecule has 7 nitrogen and oxygen atoms in total. The molecule has 0 atom stereocenters. The van der Waals surface area contributed by atoms with Crippen LogP contribution in [0.25, 0.3) is 11.3 Å². The number of hydrogen-bond donors (Lipinski definition) is 1. The Balaban J connectivity index is 1.52. The molecule has 1 aromatic heterocycles. The Labute approximate surface area is 191 Å². The molecule has 1 aliphatic rings. The van der Waals surface area contributed by atoms with Crippen LogP contribution < -0.4 is 9.62 Å². The van der Waals surface area contributed by atoms with E-state index in [1.54, 1.807) is 18.2 Å². The molecular weight excluding hydrogens is 457 g/mol. The minimum atomic E-state index is -3.82. The van der Waals surface area contributed by atoms with Crippen LogP contribution in [0, 0.1) is 0 Å². The van der Waals surface area contributed by atoms with Crippen molar-refractivity contribution in [1.82, 2.24) is 15.1 Å². The van der Waals surface area contributed by atoms with Crippen molar-refractivity contribution >= 4 is 44.7 Å². The molecule has 31 heavy (non-hydrogen) atoms. The highest BCUT2D eigenvalue weighted by Gasteiger charge is 2.17. The lowest BCUT2D eigenvalue weighted by atomic mass is 10.1. The molecule has 162 valence electrons. The third-order valence-electron chi connectivity index (χ3n) is 5.09. The highest BCUT2D eigenvalue weighted by Crippen LogP contribution is 2.27. The Bertz CT molecular complexity index is 1180. The number of halogens is 2. The molecule has 10 heteroatoms. The molecule has 0 unspecified atom stereocenters. The number of nitrogens with one attached hydrogen (secondary N) is 1. The molecule has 4 rings (SSSR count). The lowest BCUT2D eigenvalue weighted by Gasteiger charge is -2.32. The Kier molecular flexibility index (Phi) is 6.34. The molecule has 1 fully saturated rings. The van der Waals surface area contributed by atoms with Crippen molar-refractivity contribution in [1.29, 1.82) is 0 Å². The molecule has 0 amide bonds. The van der Waals surface area contributed by atoms with Gasteiger partial charge < -0.3 is 9.80 Å². The van der Waals surface area contributed by atoms with Crippen LogP contribution in [0.3, 0.4) is 0 Å². The summed E-state index contributed by atoms with van der Waals surface area (Å²) in [7, 11) is -1.71. The highest BCUT2D eigenvalue weighted by molar-refractivity contribution is 7.92. The van der Waals surface area contributed by atoms with Crippen LogP contribution in [0.4, 0.5) is 11.5 Å². The lowest BCUT2D eigenvalue weighted by molar-refractivity contribution is 0.312. The number of sulfonamides is 1. The van der Waals surface area contributed by atoms with E-state index in [9.17, 15) is 8.42 Å². The number of hydrogen-bond acceptors (Lipinski definition) is 6. The number of aromatic nitrogens is 2. The zero-order valence-electron chi connectivity index (χ0n) is 16.8. The zero-order valence-corrected chi connectivity index (χ0v) is 19.1. The van der Waals surface area contributed by atoms with Gasteiger partial charge in [-0.2, -0.15) is 0 Å². The second-order valence-electron chi connectivity index (χ2n) is 7.33. The van der Waals surface area contributed by atoms with Crippen LogP contribution in [0.5, 0.6) is 0 Å². The SMILES string of the molecule is CN1CCN(c2ccc(-c3cccc(NS(=O)(=O)c4ccc(Cl)c(Cl)c4)c3)nn2)CC1. The average Bonchev–Trinajstić information content (AvgIpc) is 2.76. The summed E-state index contributed by atoms with van der Waals surface area (Å²) in [6, 6.07) is 15.0. The number of likely N-dealkylation sites (N-methyl/N-ethyl adjacent to an activating group) is 1. The number of anilines is 2. The summed E-state index contributed by atoms with van der Waals surface area (Å²) in [6.07, 6.45) is 0. The number of rotatable bonds is 5. The highest BCUT2D eigenvalue weighted by atomic mass is 35.5. The number of piperazine rings is 1. The number of benzene rings is 2. The fraction of sp³-hybridized carbons (Fsp3) is 0.238. The zero-order chi connectivity index (χ0) is 22.0. The van der Waals surface area contributed by atoms with E-state index in [1.165, 1.54) is 18.2 Å². The van der Waals surface area contributed by atoms with Gasteiger partial charge in [0.05, 0.1) is 20.6 Å². The molecule has 0 radical (unpaired) electrons. The first-order valence-electron chi connectivity index (χ1n) is 9.67. The van der Waals surface area contributed by atoms with Gasteiger partial charge in [0.15, 0.2) is 5.82 Å². The van der Waals surface area contributed by atoms with Gasteiger partial charge in [-0.3, -0.25) is 4.72 Å². The summed E-state index contributed by atoms with van der Waals surface area (Å²) < 4.78 is 28.0. The molecule has 1 N–H and O–H groups in total. The Morgan fingerprint density at radius 2 is 1.68 bits per heavy atom. The van der Waals surface area contributed by atoms with Crippen molar-refractivity contribution < 1.29 is 8.42 Å². The predicted molar refractivity (Wildman–Crippen MR) is 124 cm³/mol. The van der Waals surface area contributed by atoms with Gasteiger partial charge in [0.25, 0.3) is 10.0 Å². The maximum Gasteiger partial charge on any atom is 0.261 e. The molecule has 0 bridgehead atoms.